The van der Waals surface area contributed by atoms with Gasteiger partial charge in [-0.3, -0.25) is 9.69 Å². The molecular weight excluding hydrogens is 498 g/mol. The van der Waals surface area contributed by atoms with Gasteiger partial charge in [0.05, 0.1) is 35.3 Å². The standard InChI is InChI=1S/C26H24ClN5O3S/c1-3-35-26(34)22-20-13-36-24-17(10-15-12-31(2)9-8-19(15)30-24)25(33)32(20)23(29)18(11-28)21(22)14-4-6-16(27)7-5-14/h4-7,10,21H,3,8-9,12-13,29H2,1-2H3. The number of nitrogens with two attached hydrogens (primary N) is 1. The number of rotatable bonds is 3. The van der Waals surface area contributed by atoms with Crippen molar-refractivity contribution in [3.63, 3.8) is 0 Å². The summed E-state index contributed by atoms with van der Waals surface area (Å²) in [4.78, 5) is 35.6. The quantitative estimate of drug-likeness (QED) is 0.610. The van der Waals surface area contributed by atoms with Crippen LogP contribution in [0.3, 0.4) is 0 Å². The molecule has 0 aliphatic carbocycles. The van der Waals surface area contributed by atoms with Crippen molar-refractivity contribution in [1.29, 1.82) is 5.26 Å². The summed E-state index contributed by atoms with van der Waals surface area (Å²) in [7, 11) is 2.03. The highest BCUT2D eigenvalue weighted by Gasteiger charge is 2.43. The molecule has 0 fully saturated rings. The van der Waals surface area contributed by atoms with Crippen LogP contribution in [0, 0.1) is 11.3 Å². The van der Waals surface area contributed by atoms with E-state index in [-0.39, 0.29) is 29.3 Å². The number of nitriles is 1. The fourth-order valence-corrected chi connectivity index (χ4v) is 6.05. The number of thioether (sulfide) groups is 1. The van der Waals surface area contributed by atoms with Gasteiger partial charge in [0.2, 0.25) is 0 Å². The van der Waals surface area contributed by atoms with Crippen LogP contribution in [0.4, 0.5) is 0 Å². The third kappa shape index (κ3) is 4.05. The normalized spacial score (nSPS) is 19.8. The minimum Gasteiger partial charge on any atom is -0.463 e. The number of carbonyl (C=O) groups excluding carboxylic acids is 2. The third-order valence-corrected chi connectivity index (χ3v) is 7.85. The highest BCUT2D eigenvalue weighted by atomic mass is 35.5. The number of pyridine rings is 1. The number of amides is 1. The maximum Gasteiger partial charge on any atom is 0.336 e. The average molecular weight is 522 g/mol. The molecule has 1 amide bonds. The number of hydrogen-bond donors (Lipinski definition) is 1. The first-order valence-corrected chi connectivity index (χ1v) is 12.9. The molecule has 1 atom stereocenters. The molecule has 0 radical (unpaired) electrons. The average Bonchev–Trinajstić information content (AvgIpc) is 3.00. The molecule has 1 aromatic heterocycles. The lowest BCUT2D eigenvalue weighted by Gasteiger charge is -2.35. The molecule has 10 heteroatoms. The minimum absolute atomic E-state index is 0.00814. The van der Waals surface area contributed by atoms with Gasteiger partial charge in [0.1, 0.15) is 10.8 Å². The number of fused-ring (bicyclic) bond motifs is 3. The number of nitrogens with zero attached hydrogens (tertiary/aromatic N) is 4. The summed E-state index contributed by atoms with van der Waals surface area (Å²) in [5.41, 5.74) is 10.3. The predicted octanol–water partition coefficient (Wildman–Crippen LogP) is 3.58. The van der Waals surface area contributed by atoms with E-state index in [1.807, 2.05) is 13.1 Å². The molecule has 184 valence electrons. The van der Waals surface area contributed by atoms with Gasteiger partial charge in [-0.2, -0.15) is 5.26 Å². The fraction of sp³-hybridized carbons (Fsp3) is 0.308. The number of halogens is 1. The Morgan fingerprint density at radius 2 is 2.11 bits per heavy atom. The number of likely N-dealkylation sites (N-methyl/N-ethyl adjacent to an activating group) is 1. The summed E-state index contributed by atoms with van der Waals surface area (Å²) in [5, 5.41) is 11.3. The summed E-state index contributed by atoms with van der Waals surface area (Å²) in [6.45, 7) is 3.45. The largest absolute Gasteiger partial charge is 0.463 e. The molecule has 0 saturated carbocycles. The Balaban J connectivity index is 1.71. The molecule has 3 aliphatic rings. The maximum absolute atomic E-state index is 14.0. The molecule has 5 rings (SSSR count). The Morgan fingerprint density at radius 3 is 2.81 bits per heavy atom. The van der Waals surface area contributed by atoms with E-state index in [2.05, 4.69) is 11.0 Å². The summed E-state index contributed by atoms with van der Waals surface area (Å²) in [5.74, 6) is -1.51. The SMILES string of the molecule is CCOC(=O)C1=C2CSc3nc4c(cc3C(=O)N2C(N)=C(C#N)C1c1ccc(Cl)cc1)CN(C)CC4. The molecule has 0 saturated heterocycles. The van der Waals surface area contributed by atoms with E-state index in [1.165, 1.54) is 16.7 Å². The minimum atomic E-state index is -0.790. The lowest BCUT2D eigenvalue weighted by atomic mass is 9.81. The van der Waals surface area contributed by atoms with Crippen LogP contribution in [0.2, 0.25) is 5.02 Å². The van der Waals surface area contributed by atoms with E-state index >= 15 is 0 Å². The Bertz CT molecular complexity index is 1380. The predicted molar refractivity (Wildman–Crippen MR) is 136 cm³/mol. The molecule has 4 heterocycles. The maximum atomic E-state index is 14.0. The van der Waals surface area contributed by atoms with E-state index in [1.54, 1.807) is 31.2 Å². The van der Waals surface area contributed by atoms with Crippen LogP contribution in [0.1, 0.15) is 40.0 Å². The number of ether oxygens (including phenoxy) is 1. The van der Waals surface area contributed by atoms with Gasteiger partial charge in [-0.15, -0.1) is 0 Å². The first-order valence-electron chi connectivity index (χ1n) is 11.6. The second-order valence-electron chi connectivity index (χ2n) is 8.84. The first-order chi connectivity index (χ1) is 17.3. The van der Waals surface area contributed by atoms with Crippen LogP contribution in [-0.4, -0.2) is 52.6 Å². The van der Waals surface area contributed by atoms with Crippen molar-refractivity contribution in [1.82, 2.24) is 14.8 Å². The number of aromatic nitrogens is 1. The lowest BCUT2D eigenvalue weighted by molar-refractivity contribution is -0.138. The van der Waals surface area contributed by atoms with E-state index in [0.717, 1.165) is 24.2 Å². The van der Waals surface area contributed by atoms with Crippen LogP contribution in [0.15, 0.2) is 58.0 Å². The summed E-state index contributed by atoms with van der Waals surface area (Å²) >= 11 is 7.48. The van der Waals surface area contributed by atoms with Crippen molar-refractivity contribution in [2.45, 2.75) is 30.8 Å². The van der Waals surface area contributed by atoms with Crippen molar-refractivity contribution in [2.24, 2.45) is 5.73 Å². The molecular formula is C26H24ClN5O3S. The number of hydrogen-bond acceptors (Lipinski definition) is 8. The highest BCUT2D eigenvalue weighted by Crippen LogP contribution is 2.45. The highest BCUT2D eigenvalue weighted by molar-refractivity contribution is 7.99. The van der Waals surface area contributed by atoms with Gasteiger partial charge in [-0.05, 0) is 43.3 Å². The lowest BCUT2D eigenvalue weighted by Crippen LogP contribution is -2.41. The van der Waals surface area contributed by atoms with E-state index in [0.29, 0.717) is 33.4 Å². The van der Waals surface area contributed by atoms with Gasteiger partial charge in [0.25, 0.3) is 5.91 Å². The molecule has 2 aromatic rings. The van der Waals surface area contributed by atoms with E-state index in [4.69, 9.17) is 27.1 Å². The Hall–Kier alpha value is -3.32. The Kier molecular flexibility index (Phi) is 6.51. The van der Waals surface area contributed by atoms with Gasteiger partial charge in [-0.1, -0.05) is 35.5 Å². The summed E-state index contributed by atoms with van der Waals surface area (Å²) in [6.07, 6.45) is 0.799. The number of allylic oxidation sites excluding steroid dienone is 1. The van der Waals surface area contributed by atoms with Crippen LogP contribution >= 0.6 is 23.4 Å². The molecule has 0 bridgehead atoms. The summed E-state index contributed by atoms with van der Waals surface area (Å²) < 4.78 is 5.42. The van der Waals surface area contributed by atoms with E-state index in [9.17, 15) is 14.9 Å². The molecule has 1 unspecified atom stereocenters. The van der Waals surface area contributed by atoms with Crippen LogP contribution in [-0.2, 0) is 22.5 Å². The van der Waals surface area contributed by atoms with Crippen molar-refractivity contribution < 1.29 is 14.3 Å². The van der Waals surface area contributed by atoms with Gasteiger partial charge in [-0.25, -0.2) is 9.78 Å². The zero-order valence-corrected chi connectivity index (χ0v) is 21.4. The second kappa shape index (κ2) is 9.62. The molecule has 0 spiro atoms. The van der Waals surface area contributed by atoms with Crippen LogP contribution in [0.5, 0.6) is 0 Å². The third-order valence-electron chi connectivity index (χ3n) is 6.60. The zero-order chi connectivity index (χ0) is 25.6. The number of carbonyl (C=O) groups is 2. The number of esters is 1. The van der Waals surface area contributed by atoms with Gasteiger partial charge in [0.15, 0.2) is 0 Å². The first kappa shape index (κ1) is 24.4. The topological polar surface area (TPSA) is 113 Å². The van der Waals surface area contributed by atoms with Crippen LogP contribution < -0.4 is 5.73 Å². The van der Waals surface area contributed by atoms with Crippen molar-refractivity contribution in [2.75, 3.05) is 26.0 Å². The smallest absolute Gasteiger partial charge is 0.336 e. The van der Waals surface area contributed by atoms with Gasteiger partial charge >= 0.3 is 5.97 Å². The molecule has 8 nitrogen and oxygen atoms in total. The zero-order valence-electron chi connectivity index (χ0n) is 19.9. The molecule has 2 N–H and O–H groups in total. The number of benzene rings is 1. The molecule has 1 aromatic carbocycles. The summed E-state index contributed by atoms with van der Waals surface area (Å²) in [6, 6.07) is 10.9. The Morgan fingerprint density at radius 1 is 1.36 bits per heavy atom. The van der Waals surface area contributed by atoms with Crippen molar-refractivity contribution >= 4 is 35.2 Å². The molecule has 3 aliphatic heterocycles. The molecule has 36 heavy (non-hydrogen) atoms. The van der Waals surface area contributed by atoms with Crippen molar-refractivity contribution in [3.8, 4) is 6.07 Å². The van der Waals surface area contributed by atoms with Crippen molar-refractivity contribution in [3.05, 3.63) is 80.4 Å². The second-order valence-corrected chi connectivity index (χ2v) is 10.2. The fourth-order valence-electron chi connectivity index (χ4n) is 4.89. The van der Waals surface area contributed by atoms with E-state index < -0.39 is 17.8 Å². The van der Waals surface area contributed by atoms with Crippen LogP contribution in [0.25, 0.3) is 0 Å². The van der Waals surface area contributed by atoms with Gasteiger partial charge in [0, 0.05) is 41.7 Å². The Labute approximate surface area is 218 Å². The van der Waals surface area contributed by atoms with Gasteiger partial charge < -0.3 is 15.4 Å². The monoisotopic (exact) mass is 521 g/mol.